The molecule has 0 bridgehead atoms. The zero-order valence-corrected chi connectivity index (χ0v) is 13.7. The number of hydrogen-bond acceptors (Lipinski definition) is 6. The van der Waals surface area contributed by atoms with E-state index in [-0.39, 0.29) is 17.3 Å². The number of benzene rings is 2. The highest BCUT2D eigenvalue weighted by Crippen LogP contribution is 2.37. The molecule has 0 aliphatic rings. The lowest BCUT2D eigenvalue weighted by molar-refractivity contribution is -0.384. The van der Waals surface area contributed by atoms with E-state index in [4.69, 9.17) is 4.74 Å². The van der Waals surface area contributed by atoms with Gasteiger partial charge in [0.05, 0.1) is 17.0 Å². The number of rotatable bonds is 5. The van der Waals surface area contributed by atoms with Crippen LogP contribution in [0.4, 0.5) is 11.4 Å². The highest BCUT2D eigenvalue weighted by Gasteiger charge is 2.15. The number of nitrogens with zero attached hydrogens (tertiary/aromatic N) is 3. The molecule has 1 heterocycles. The SMILES string of the molecule is CCOc1ccc(C(=O)N=Nc2c(O)[nH]c3ccc([N+](=O)[O-])cc23)cc1. The van der Waals surface area contributed by atoms with E-state index in [9.17, 15) is 20.0 Å². The van der Waals surface area contributed by atoms with Crippen LogP contribution in [0.25, 0.3) is 10.9 Å². The fraction of sp³-hybridized carbons (Fsp3) is 0.118. The third-order valence-corrected chi connectivity index (χ3v) is 3.60. The number of fused-ring (bicyclic) bond motifs is 1. The molecular formula is C17H14N4O5. The first-order valence-corrected chi connectivity index (χ1v) is 7.67. The van der Waals surface area contributed by atoms with Crippen LogP contribution in [0.3, 0.4) is 0 Å². The number of H-pyrrole nitrogens is 1. The number of aromatic amines is 1. The van der Waals surface area contributed by atoms with Gasteiger partial charge in [-0.05, 0) is 37.3 Å². The minimum absolute atomic E-state index is 0.0389. The zero-order valence-electron chi connectivity index (χ0n) is 13.7. The van der Waals surface area contributed by atoms with Crippen LogP contribution in [0.5, 0.6) is 11.6 Å². The van der Waals surface area contributed by atoms with E-state index in [2.05, 4.69) is 15.2 Å². The summed E-state index contributed by atoms with van der Waals surface area (Å²) in [7, 11) is 0. The molecule has 2 N–H and O–H groups in total. The molecular weight excluding hydrogens is 340 g/mol. The highest BCUT2D eigenvalue weighted by atomic mass is 16.6. The van der Waals surface area contributed by atoms with Crippen molar-refractivity contribution in [3.8, 4) is 11.6 Å². The number of carbonyl (C=O) groups is 1. The number of nitrogens with one attached hydrogen (secondary N) is 1. The second kappa shape index (κ2) is 7.01. The van der Waals surface area contributed by atoms with Crippen molar-refractivity contribution in [3.63, 3.8) is 0 Å². The number of ether oxygens (including phenoxy) is 1. The van der Waals surface area contributed by atoms with E-state index in [1.807, 2.05) is 6.92 Å². The lowest BCUT2D eigenvalue weighted by Crippen LogP contribution is -1.95. The minimum Gasteiger partial charge on any atom is -0.494 e. The molecule has 9 heteroatoms. The maximum absolute atomic E-state index is 12.1. The Hall–Kier alpha value is -3.75. The topological polar surface area (TPSA) is 130 Å². The van der Waals surface area contributed by atoms with Crippen LogP contribution in [-0.2, 0) is 0 Å². The predicted molar refractivity (Wildman–Crippen MR) is 93.1 cm³/mol. The molecule has 3 aromatic rings. The van der Waals surface area contributed by atoms with Gasteiger partial charge < -0.3 is 14.8 Å². The Bertz CT molecular complexity index is 1010. The van der Waals surface area contributed by atoms with Crippen LogP contribution in [0.2, 0.25) is 0 Å². The van der Waals surface area contributed by atoms with Gasteiger partial charge in [0.25, 0.3) is 11.6 Å². The number of hydrogen-bond donors (Lipinski definition) is 2. The van der Waals surface area contributed by atoms with Crippen LogP contribution in [0, 0.1) is 10.1 Å². The smallest absolute Gasteiger partial charge is 0.295 e. The number of carbonyl (C=O) groups excluding carboxylic acids is 1. The summed E-state index contributed by atoms with van der Waals surface area (Å²) in [6, 6.07) is 10.4. The Kier molecular flexibility index (Phi) is 4.61. The number of non-ortho nitro benzene ring substituents is 1. The molecule has 0 unspecified atom stereocenters. The van der Waals surface area contributed by atoms with Gasteiger partial charge >= 0.3 is 0 Å². The molecule has 0 fully saturated rings. The molecule has 0 aliphatic heterocycles. The van der Waals surface area contributed by atoms with Gasteiger partial charge in [-0.15, -0.1) is 10.2 Å². The summed E-state index contributed by atoms with van der Waals surface area (Å²) in [4.78, 5) is 25.1. The van der Waals surface area contributed by atoms with Crippen molar-refractivity contribution >= 4 is 28.2 Å². The Morgan fingerprint density at radius 2 is 2.00 bits per heavy atom. The van der Waals surface area contributed by atoms with Crippen molar-refractivity contribution in [2.75, 3.05) is 6.61 Å². The summed E-state index contributed by atoms with van der Waals surface area (Å²) in [6.45, 7) is 2.37. The Balaban J connectivity index is 1.89. The van der Waals surface area contributed by atoms with Gasteiger partial charge in [0.1, 0.15) is 5.75 Å². The van der Waals surface area contributed by atoms with Gasteiger partial charge in [-0.2, -0.15) is 0 Å². The molecule has 0 radical (unpaired) electrons. The van der Waals surface area contributed by atoms with Crippen molar-refractivity contribution in [2.24, 2.45) is 10.2 Å². The summed E-state index contributed by atoms with van der Waals surface area (Å²) in [5.41, 5.74) is 0.534. The monoisotopic (exact) mass is 354 g/mol. The summed E-state index contributed by atoms with van der Waals surface area (Å²) in [5, 5.41) is 28.5. The van der Waals surface area contributed by atoms with Gasteiger partial charge in [0.15, 0.2) is 5.69 Å². The van der Waals surface area contributed by atoms with Crippen LogP contribution < -0.4 is 4.74 Å². The molecule has 0 aliphatic carbocycles. The van der Waals surface area contributed by atoms with E-state index >= 15 is 0 Å². The van der Waals surface area contributed by atoms with E-state index in [0.717, 1.165) is 0 Å². The van der Waals surface area contributed by atoms with Gasteiger partial charge in [0, 0.05) is 23.1 Å². The molecule has 0 saturated heterocycles. The number of aromatic hydroxyl groups is 1. The normalized spacial score (nSPS) is 11.1. The van der Waals surface area contributed by atoms with Crippen LogP contribution in [0.15, 0.2) is 52.7 Å². The Morgan fingerprint density at radius 3 is 2.65 bits per heavy atom. The Morgan fingerprint density at radius 1 is 1.27 bits per heavy atom. The minimum atomic E-state index is -0.618. The number of nitro benzene ring substituents is 1. The quantitative estimate of drug-likeness (QED) is 0.404. The summed E-state index contributed by atoms with van der Waals surface area (Å²) < 4.78 is 5.30. The molecule has 2 aromatic carbocycles. The fourth-order valence-corrected chi connectivity index (χ4v) is 2.38. The summed E-state index contributed by atoms with van der Waals surface area (Å²) in [6.07, 6.45) is 0. The fourth-order valence-electron chi connectivity index (χ4n) is 2.38. The Labute approximate surface area is 147 Å². The van der Waals surface area contributed by atoms with Crippen LogP contribution >= 0.6 is 0 Å². The molecule has 132 valence electrons. The van der Waals surface area contributed by atoms with Gasteiger partial charge in [-0.3, -0.25) is 14.9 Å². The summed E-state index contributed by atoms with van der Waals surface area (Å²) in [5.74, 6) is -0.321. The van der Waals surface area contributed by atoms with Crippen LogP contribution in [-0.4, -0.2) is 27.5 Å². The third kappa shape index (κ3) is 3.36. The highest BCUT2D eigenvalue weighted by molar-refractivity contribution is 5.97. The van der Waals surface area contributed by atoms with Gasteiger partial charge in [0.2, 0.25) is 5.88 Å². The van der Waals surface area contributed by atoms with E-state index < -0.39 is 10.8 Å². The maximum atomic E-state index is 12.1. The lowest BCUT2D eigenvalue weighted by atomic mass is 10.2. The van der Waals surface area contributed by atoms with E-state index in [1.165, 1.54) is 18.2 Å². The number of aromatic nitrogens is 1. The second-order valence-corrected chi connectivity index (χ2v) is 5.27. The van der Waals surface area contributed by atoms with Crippen molar-refractivity contribution in [1.82, 2.24) is 4.98 Å². The molecule has 0 atom stereocenters. The molecule has 1 amide bonds. The molecule has 1 aromatic heterocycles. The first-order chi connectivity index (χ1) is 12.5. The van der Waals surface area contributed by atoms with E-state index in [0.29, 0.717) is 28.8 Å². The maximum Gasteiger partial charge on any atom is 0.295 e. The van der Waals surface area contributed by atoms with Gasteiger partial charge in [-0.25, -0.2) is 0 Å². The summed E-state index contributed by atoms with van der Waals surface area (Å²) >= 11 is 0. The number of nitro groups is 1. The average Bonchev–Trinajstić information content (AvgIpc) is 2.95. The molecule has 0 saturated carbocycles. The first-order valence-electron chi connectivity index (χ1n) is 7.67. The van der Waals surface area contributed by atoms with Crippen molar-refractivity contribution in [1.29, 1.82) is 0 Å². The lowest BCUT2D eigenvalue weighted by Gasteiger charge is -2.02. The standard InChI is InChI=1S/C17H14N4O5/c1-2-26-12-6-3-10(4-7-12)16(22)20-19-15-13-9-11(21(24)25)5-8-14(13)18-17(15)23/h3-9,18,23H,2H2,1H3. The second-order valence-electron chi connectivity index (χ2n) is 5.27. The largest absolute Gasteiger partial charge is 0.494 e. The van der Waals surface area contributed by atoms with Gasteiger partial charge in [-0.1, -0.05) is 0 Å². The van der Waals surface area contributed by atoms with Crippen molar-refractivity contribution in [2.45, 2.75) is 6.92 Å². The molecule has 26 heavy (non-hydrogen) atoms. The third-order valence-electron chi connectivity index (χ3n) is 3.60. The molecule has 3 rings (SSSR count). The average molecular weight is 354 g/mol. The van der Waals surface area contributed by atoms with Crippen molar-refractivity contribution in [3.05, 3.63) is 58.1 Å². The number of azo groups is 1. The molecule has 9 nitrogen and oxygen atoms in total. The van der Waals surface area contributed by atoms with Crippen molar-refractivity contribution < 1.29 is 19.6 Å². The zero-order chi connectivity index (χ0) is 18.7. The van der Waals surface area contributed by atoms with Crippen LogP contribution in [0.1, 0.15) is 17.3 Å². The molecule has 0 spiro atoms. The first kappa shape index (κ1) is 17.1. The predicted octanol–water partition coefficient (Wildman–Crippen LogP) is 4.10. The number of amides is 1. The van der Waals surface area contributed by atoms with E-state index in [1.54, 1.807) is 24.3 Å².